The van der Waals surface area contributed by atoms with Gasteiger partial charge in [0.25, 0.3) is 0 Å². The van der Waals surface area contributed by atoms with Crippen LogP contribution in [-0.4, -0.2) is 24.7 Å². The maximum absolute atomic E-state index is 14.1. The second-order valence-corrected chi connectivity index (χ2v) is 8.74. The zero-order valence-corrected chi connectivity index (χ0v) is 12.8. The summed E-state index contributed by atoms with van der Waals surface area (Å²) in [6, 6.07) is 4.81. The lowest BCUT2D eigenvalue weighted by atomic mass is 9.84. The summed E-state index contributed by atoms with van der Waals surface area (Å²) >= 11 is 0. The normalized spacial score (nSPS) is 30.9. The van der Waals surface area contributed by atoms with E-state index in [-0.39, 0.29) is 17.3 Å². The van der Waals surface area contributed by atoms with E-state index in [9.17, 15) is 17.6 Å². The fourth-order valence-electron chi connectivity index (χ4n) is 3.68. The number of rotatable bonds is 2. The Balaban J connectivity index is 1.89. The van der Waals surface area contributed by atoms with Crippen molar-refractivity contribution in [1.29, 1.82) is 0 Å². The first-order chi connectivity index (χ1) is 9.91. The molecule has 2 aliphatic rings. The van der Waals surface area contributed by atoms with Crippen molar-refractivity contribution in [1.82, 2.24) is 0 Å². The molecule has 3 nitrogen and oxygen atoms in total. The van der Waals surface area contributed by atoms with Crippen LogP contribution in [0.15, 0.2) is 18.2 Å². The molecule has 21 heavy (non-hydrogen) atoms. The molecule has 0 aromatic heterocycles. The van der Waals surface area contributed by atoms with Gasteiger partial charge in [-0.2, -0.15) is 0 Å². The molecule has 0 aliphatic carbocycles. The molecule has 0 N–H and O–H groups in total. The van der Waals surface area contributed by atoms with Crippen molar-refractivity contribution in [3.63, 3.8) is 0 Å². The van der Waals surface area contributed by atoms with Gasteiger partial charge in [-0.05, 0) is 44.2 Å². The van der Waals surface area contributed by atoms with Crippen LogP contribution in [0.4, 0.5) is 4.39 Å². The van der Waals surface area contributed by atoms with Gasteiger partial charge in [-0.3, -0.25) is 4.79 Å². The number of ketones is 1. The maximum atomic E-state index is 14.1. The Labute approximate surface area is 124 Å². The van der Waals surface area contributed by atoms with Gasteiger partial charge >= 0.3 is 0 Å². The number of carbonyl (C=O) groups excluding carboxylic acids is 1. The van der Waals surface area contributed by atoms with Crippen LogP contribution in [0.2, 0.25) is 0 Å². The highest BCUT2D eigenvalue weighted by Crippen LogP contribution is 2.40. The van der Waals surface area contributed by atoms with Crippen molar-refractivity contribution in [2.75, 3.05) is 0 Å². The Kier molecular flexibility index (Phi) is 3.64. The number of hydrogen-bond donors (Lipinski definition) is 0. The predicted octanol–water partition coefficient (Wildman–Crippen LogP) is 3.06. The lowest BCUT2D eigenvalue weighted by Crippen LogP contribution is -2.45. The third-order valence-corrected chi connectivity index (χ3v) is 7.62. The summed E-state index contributed by atoms with van der Waals surface area (Å²) in [6.07, 6.45) is 2.89. The minimum atomic E-state index is -3.08. The second kappa shape index (κ2) is 5.20. The van der Waals surface area contributed by atoms with Gasteiger partial charge < -0.3 is 0 Å². The number of benzene rings is 1. The minimum Gasteiger partial charge on any atom is -0.294 e. The standard InChI is InChI=1S/C16H19FO3S/c1-10-4-2-7-14(15(10)17)16(18)11-8-12-5-3-6-13(9-11)21(12,19)20/h2,4,7,11-13H,3,5-6,8-9H2,1H3. The second-order valence-electron chi connectivity index (χ2n) is 6.23. The van der Waals surface area contributed by atoms with Crippen LogP contribution in [0.25, 0.3) is 0 Å². The molecule has 0 radical (unpaired) electrons. The van der Waals surface area contributed by atoms with E-state index in [2.05, 4.69) is 0 Å². The fraction of sp³-hybridized carbons (Fsp3) is 0.562. The molecule has 2 heterocycles. The number of hydrogen-bond acceptors (Lipinski definition) is 3. The number of sulfone groups is 1. The molecule has 2 unspecified atom stereocenters. The summed E-state index contributed by atoms with van der Waals surface area (Å²) in [5, 5.41) is -0.821. The number of fused-ring (bicyclic) bond motifs is 2. The Morgan fingerprint density at radius 2 is 1.81 bits per heavy atom. The van der Waals surface area contributed by atoms with Crippen LogP contribution in [-0.2, 0) is 9.84 Å². The summed E-state index contributed by atoms with van der Waals surface area (Å²) in [5.41, 5.74) is 0.557. The maximum Gasteiger partial charge on any atom is 0.168 e. The summed E-state index contributed by atoms with van der Waals surface area (Å²) in [5.74, 6) is -1.07. The van der Waals surface area contributed by atoms with E-state index in [0.717, 1.165) is 6.42 Å². The van der Waals surface area contributed by atoms with Crippen molar-refractivity contribution in [3.05, 3.63) is 35.1 Å². The summed E-state index contributed by atoms with van der Waals surface area (Å²) in [7, 11) is -3.08. The van der Waals surface area contributed by atoms with Crippen LogP contribution in [0, 0.1) is 18.7 Å². The summed E-state index contributed by atoms with van der Waals surface area (Å²) in [6.45, 7) is 1.63. The van der Waals surface area contributed by atoms with Crippen molar-refractivity contribution in [2.45, 2.75) is 49.5 Å². The van der Waals surface area contributed by atoms with E-state index in [1.807, 2.05) is 0 Å². The molecule has 3 rings (SSSR count). The van der Waals surface area contributed by atoms with Gasteiger partial charge in [0.05, 0.1) is 16.1 Å². The Morgan fingerprint density at radius 1 is 1.19 bits per heavy atom. The number of carbonyl (C=O) groups is 1. The van der Waals surface area contributed by atoms with E-state index < -0.39 is 26.2 Å². The largest absolute Gasteiger partial charge is 0.294 e. The molecule has 114 valence electrons. The average Bonchev–Trinajstić information content (AvgIpc) is 2.40. The molecule has 0 amide bonds. The van der Waals surface area contributed by atoms with Crippen molar-refractivity contribution in [2.24, 2.45) is 5.92 Å². The van der Waals surface area contributed by atoms with Crippen LogP contribution in [0.5, 0.6) is 0 Å². The van der Waals surface area contributed by atoms with Gasteiger partial charge in [-0.1, -0.05) is 18.6 Å². The van der Waals surface area contributed by atoms with Crippen LogP contribution in [0.3, 0.4) is 0 Å². The molecule has 2 fully saturated rings. The highest BCUT2D eigenvalue weighted by molar-refractivity contribution is 7.92. The van der Waals surface area contributed by atoms with Crippen molar-refractivity contribution < 1.29 is 17.6 Å². The molecule has 2 atom stereocenters. The molecule has 0 spiro atoms. The highest BCUT2D eigenvalue weighted by atomic mass is 32.2. The summed E-state index contributed by atoms with van der Waals surface area (Å²) < 4.78 is 38.6. The van der Waals surface area contributed by atoms with Gasteiger partial charge in [-0.15, -0.1) is 0 Å². The zero-order valence-electron chi connectivity index (χ0n) is 12.0. The SMILES string of the molecule is Cc1cccc(C(=O)C2CC3CCCC(C2)S3(=O)=O)c1F. The molecule has 2 saturated heterocycles. The Bertz CT molecular complexity index is 661. The molecule has 0 saturated carbocycles. The lowest BCUT2D eigenvalue weighted by molar-refractivity contribution is 0.0889. The first-order valence-electron chi connectivity index (χ1n) is 7.43. The number of Topliss-reactive ketones (excluding diaryl/α,β-unsaturated/α-hetero) is 1. The van der Waals surface area contributed by atoms with E-state index in [1.54, 1.807) is 19.1 Å². The zero-order chi connectivity index (χ0) is 15.2. The monoisotopic (exact) mass is 310 g/mol. The predicted molar refractivity (Wildman–Crippen MR) is 78.5 cm³/mol. The van der Waals surface area contributed by atoms with Gasteiger partial charge in [0.1, 0.15) is 5.82 Å². The van der Waals surface area contributed by atoms with Crippen LogP contribution < -0.4 is 0 Å². The fourth-order valence-corrected chi connectivity index (χ4v) is 6.22. The third kappa shape index (κ3) is 2.41. The summed E-state index contributed by atoms with van der Waals surface area (Å²) in [4.78, 5) is 12.6. The van der Waals surface area contributed by atoms with Gasteiger partial charge in [0.2, 0.25) is 0 Å². The van der Waals surface area contributed by atoms with Gasteiger partial charge in [-0.25, -0.2) is 12.8 Å². The molecule has 1 aromatic carbocycles. The van der Waals surface area contributed by atoms with Gasteiger partial charge in [0.15, 0.2) is 15.6 Å². The molecular formula is C16H19FO3S. The first-order valence-corrected chi connectivity index (χ1v) is 9.04. The topological polar surface area (TPSA) is 51.2 Å². The lowest BCUT2D eigenvalue weighted by Gasteiger charge is -2.38. The third-order valence-electron chi connectivity index (χ3n) is 4.90. The molecule has 1 aromatic rings. The van der Waals surface area contributed by atoms with E-state index in [4.69, 9.17) is 0 Å². The smallest absolute Gasteiger partial charge is 0.168 e. The van der Waals surface area contributed by atoms with Gasteiger partial charge in [0, 0.05) is 5.92 Å². The molecule has 2 aliphatic heterocycles. The molecule has 5 heteroatoms. The van der Waals surface area contributed by atoms with Crippen LogP contribution >= 0.6 is 0 Å². The van der Waals surface area contributed by atoms with Crippen molar-refractivity contribution >= 4 is 15.6 Å². The highest BCUT2D eigenvalue weighted by Gasteiger charge is 2.46. The Hall–Kier alpha value is -1.23. The molecule has 2 bridgehead atoms. The molecular weight excluding hydrogens is 291 g/mol. The van der Waals surface area contributed by atoms with E-state index in [0.29, 0.717) is 31.2 Å². The number of aryl methyl sites for hydroxylation is 1. The number of halogens is 1. The first kappa shape index (κ1) is 14.7. The van der Waals surface area contributed by atoms with E-state index >= 15 is 0 Å². The van der Waals surface area contributed by atoms with E-state index in [1.165, 1.54) is 6.07 Å². The minimum absolute atomic E-state index is 0.109. The quantitative estimate of drug-likeness (QED) is 0.789. The Morgan fingerprint density at radius 3 is 2.43 bits per heavy atom. The average molecular weight is 310 g/mol. The van der Waals surface area contributed by atoms with Crippen LogP contribution in [0.1, 0.15) is 48.0 Å². The van der Waals surface area contributed by atoms with Crippen molar-refractivity contribution in [3.8, 4) is 0 Å².